The molecule has 0 fully saturated rings. The molecule has 2 nitrogen and oxygen atoms in total. The second kappa shape index (κ2) is 13.7. The number of hydrogen-bond acceptors (Lipinski definition) is 2. The van der Waals surface area contributed by atoms with Gasteiger partial charge in [-0.25, -0.2) is 0 Å². The van der Waals surface area contributed by atoms with Crippen molar-refractivity contribution in [2.75, 3.05) is 0 Å². The van der Waals surface area contributed by atoms with Crippen LogP contribution in [0.25, 0.3) is 10.8 Å². The number of fused-ring (bicyclic) bond motifs is 1. The van der Waals surface area contributed by atoms with Crippen LogP contribution in [0.3, 0.4) is 0 Å². The average Bonchev–Trinajstić information content (AvgIpc) is 2.87. The maximum Gasteiger partial charge on any atom is 0.126 e. The van der Waals surface area contributed by atoms with E-state index in [1.807, 2.05) is 12.1 Å². The number of unbranched alkanes of at least 4 members (excludes halogenated alkanes) is 9. The third kappa shape index (κ3) is 8.50. The minimum atomic E-state index is -0.155. The summed E-state index contributed by atoms with van der Waals surface area (Å²) < 4.78 is 0. The molecule has 0 aromatic heterocycles. The predicted octanol–water partition coefficient (Wildman–Crippen LogP) is 10.9. The zero-order valence-electron chi connectivity index (χ0n) is 25.9. The fourth-order valence-corrected chi connectivity index (χ4v) is 5.80. The molecule has 39 heavy (non-hydrogen) atoms. The lowest BCUT2D eigenvalue weighted by atomic mass is 9.77. The van der Waals surface area contributed by atoms with Crippen LogP contribution in [0.2, 0.25) is 0 Å². The standard InChI is InChI=1S/C37H54O2/c1-8-9-10-11-12-13-14-15-16-17-20-28-26-29(30-21-18-19-22-31(30)34(28)38)23-27-24-32(36(2,3)4)35(39)33(25-27)37(5,6)7/h18-19,21-22,24-26,38-39H,8-17,20,23H2,1-7H3. The molecule has 2 heteroatoms. The lowest BCUT2D eigenvalue weighted by molar-refractivity contribution is 0.423. The van der Waals surface area contributed by atoms with Crippen molar-refractivity contribution in [3.05, 3.63) is 70.3 Å². The highest BCUT2D eigenvalue weighted by molar-refractivity contribution is 5.92. The molecule has 214 valence electrons. The quantitative estimate of drug-likeness (QED) is 0.216. The molecule has 0 aliphatic heterocycles. The first kappa shape index (κ1) is 31.1. The molecule has 0 aliphatic carbocycles. The van der Waals surface area contributed by atoms with E-state index >= 15 is 0 Å². The second-order valence-electron chi connectivity index (χ2n) is 13.7. The van der Waals surface area contributed by atoms with Crippen LogP contribution in [0.5, 0.6) is 11.5 Å². The highest BCUT2D eigenvalue weighted by atomic mass is 16.3. The van der Waals surface area contributed by atoms with Crippen LogP contribution in [-0.2, 0) is 23.7 Å². The summed E-state index contributed by atoms with van der Waals surface area (Å²) in [5, 5.41) is 24.4. The Kier molecular flexibility index (Phi) is 10.9. The van der Waals surface area contributed by atoms with Gasteiger partial charge in [-0.05, 0) is 63.3 Å². The van der Waals surface area contributed by atoms with E-state index in [9.17, 15) is 10.2 Å². The topological polar surface area (TPSA) is 40.5 Å². The van der Waals surface area contributed by atoms with Gasteiger partial charge in [0.2, 0.25) is 0 Å². The van der Waals surface area contributed by atoms with Gasteiger partial charge in [-0.1, -0.05) is 149 Å². The molecule has 3 rings (SSSR count). The summed E-state index contributed by atoms with van der Waals surface area (Å²) in [6.45, 7) is 15.3. The third-order valence-corrected chi connectivity index (χ3v) is 8.16. The number of aromatic hydroxyl groups is 2. The summed E-state index contributed by atoms with van der Waals surface area (Å²) in [6, 6.07) is 14.9. The van der Waals surface area contributed by atoms with E-state index in [2.05, 4.69) is 78.8 Å². The third-order valence-electron chi connectivity index (χ3n) is 8.16. The van der Waals surface area contributed by atoms with Gasteiger partial charge in [-0.15, -0.1) is 0 Å². The number of phenolic OH excluding ortho intramolecular Hbond substituents is 2. The van der Waals surface area contributed by atoms with Gasteiger partial charge in [-0.3, -0.25) is 0 Å². The molecule has 0 amide bonds. The van der Waals surface area contributed by atoms with Crippen molar-refractivity contribution < 1.29 is 10.2 Å². The molecule has 2 N–H and O–H groups in total. The minimum Gasteiger partial charge on any atom is -0.507 e. The molecule has 0 radical (unpaired) electrons. The van der Waals surface area contributed by atoms with E-state index < -0.39 is 0 Å². The highest BCUT2D eigenvalue weighted by Crippen LogP contribution is 2.41. The first-order chi connectivity index (χ1) is 18.4. The van der Waals surface area contributed by atoms with Gasteiger partial charge in [0.1, 0.15) is 11.5 Å². The molecular weight excluding hydrogens is 476 g/mol. The lowest BCUT2D eigenvalue weighted by Gasteiger charge is -2.28. The van der Waals surface area contributed by atoms with E-state index in [4.69, 9.17) is 0 Å². The first-order valence-electron chi connectivity index (χ1n) is 15.5. The SMILES string of the molecule is CCCCCCCCCCCCc1cc(Cc2cc(C(C)(C)C)c(O)c(C(C)(C)C)c2)c2ccccc2c1O. The number of aryl methyl sites for hydroxylation is 1. The molecule has 0 bridgehead atoms. The van der Waals surface area contributed by atoms with Gasteiger partial charge in [-0.2, -0.15) is 0 Å². The number of rotatable bonds is 13. The highest BCUT2D eigenvalue weighted by Gasteiger charge is 2.26. The molecule has 0 saturated carbocycles. The largest absolute Gasteiger partial charge is 0.507 e. The minimum absolute atomic E-state index is 0.155. The van der Waals surface area contributed by atoms with Crippen LogP contribution in [-0.4, -0.2) is 10.2 Å². The predicted molar refractivity (Wildman–Crippen MR) is 169 cm³/mol. The van der Waals surface area contributed by atoms with Crippen LogP contribution >= 0.6 is 0 Å². The van der Waals surface area contributed by atoms with E-state index in [-0.39, 0.29) is 10.8 Å². The normalized spacial score (nSPS) is 12.4. The molecule has 0 spiro atoms. The van der Waals surface area contributed by atoms with Crippen molar-refractivity contribution in [1.82, 2.24) is 0 Å². The van der Waals surface area contributed by atoms with E-state index in [0.29, 0.717) is 11.5 Å². The summed E-state index contributed by atoms with van der Waals surface area (Å²) >= 11 is 0. The lowest BCUT2D eigenvalue weighted by Crippen LogP contribution is -2.18. The van der Waals surface area contributed by atoms with E-state index in [1.54, 1.807) is 0 Å². The van der Waals surface area contributed by atoms with Gasteiger partial charge in [0.15, 0.2) is 0 Å². The fraction of sp³-hybridized carbons (Fsp3) is 0.568. The Balaban J connectivity index is 1.80. The van der Waals surface area contributed by atoms with Crippen LogP contribution in [0.15, 0.2) is 42.5 Å². The zero-order valence-corrected chi connectivity index (χ0v) is 25.9. The molecule has 0 atom stereocenters. The molecule has 0 saturated heterocycles. The van der Waals surface area contributed by atoms with Crippen molar-refractivity contribution in [2.24, 2.45) is 0 Å². The van der Waals surface area contributed by atoms with Crippen molar-refractivity contribution in [3.63, 3.8) is 0 Å². The monoisotopic (exact) mass is 530 g/mol. The maximum atomic E-state index is 11.2. The van der Waals surface area contributed by atoms with Crippen molar-refractivity contribution in [2.45, 2.75) is 136 Å². The summed E-state index contributed by atoms with van der Waals surface area (Å²) in [7, 11) is 0. The first-order valence-corrected chi connectivity index (χ1v) is 15.5. The molecule has 0 unspecified atom stereocenters. The second-order valence-corrected chi connectivity index (χ2v) is 13.7. The molecule has 0 aliphatic rings. The van der Waals surface area contributed by atoms with Crippen LogP contribution in [0.1, 0.15) is 140 Å². The Morgan fingerprint density at radius 3 is 1.56 bits per heavy atom. The number of hydrogen-bond donors (Lipinski definition) is 2. The van der Waals surface area contributed by atoms with Gasteiger partial charge in [0.25, 0.3) is 0 Å². The number of benzene rings is 3. The van der Waals surface area contributed by atoms with Crippen molar-refractivity contribution >= 4 is 10.8 Å². The number of phenols is 2. The molecular formula is C37H54O2. The summed E-state index contributed by atoms with van der Waals surface area (Å²) in [5.74, 6) is 0.873. The maximum absolute atomic E-state index is 11.2. The Bertz CT molecular complexity index is 1170. The molecule has 3 aromatic rings. The smallest absolute Gasteiger partial charge is 0.126 e. The Morgan fingerprint density at radius 2 is 1.05 bits per heavy atom. The van der Waals surface area contributed by atoms with E-state index in [1.165, 1.54) is 68.9 Å². The van der Waals surface area contributed by atoms with Gasteiger partial charge in [0, 0.05) is 5.39 Å². The Morgan fingerprint density at radius 1 is 0.564 bits per heavy atom. The molecule has 0 heterocycles. The Labute approximate surface area is 238 Å². The molecule has 3 aromatic carbocycles. The fourth-order valence-electron chi connectivity index (χ4n) is 5.80. The summed E-state index contributed by atoms with van der Waals surface area (Å²) in [4.78, 5) is 0. The van der Waals surface area contributed by atoms with Gasteiger partial charge < -0.3 is 10.2 Å². The zero-order chi connectivity index (χ0) is 28.6. The average molecular weight is 531 g/mol. The van der Waals surface area contributed by atoms with Gasteiger partial charge in [0.05, 0.1) is 0 Å². The summed E-state index contributed by atoms with van der Waals surface area (Å²) in [6.07, 6.45) is 14.8. The van der Waals surface area contributed by atoms with Crippen molar-refractivity contribution in [3.8, 4) is 11.5 Å². The van der Waals surface area contributed by atoms with E-state index in [0.717, 1.165) is 46.7 Å². The van der Waals surface area contributed by atoms with Crippen molar-refractivity contribution in [1.29, 1.82) is 0 Å². The van der Waals surface area contributed by atoms with Crippen LogP contribution < -0.4 is 0 Å². The van der Waals surface area contributed by atoms with Crippen LogP contribution in [0, 0.1) is 0 Å². The summed E-state index contributed by atoms with van der Waals surface area (Å²) in [5.41, 5.74) is 5.21. The van der Waals surface area contributed by atoms with Crippen LogP contribution in [0.4, 0.5) is 0 Å². The Hall–Kier alpha value is -2.48. The van der Waals surface area contributed by atoms with Gasteiger partial charge >= 0.3 is 0 Å².